The fourth-order valence-electron chi connectivity index (χ4n) is 5.21. The molecule has 0 bridgehead atoms. The number of benzene rings is 2. The summed E-state index contributed by atoms with van der Waals surface area (Å²) in [5, 5.41) is 3.79. The average Bonchev–Trinajstić information content (AvgIpc) is 2.92. The van der Waals surface area contributed by atoms with Gasteiger partial charge in [0.25, 0.3) is 0 Å². The van der Waals surface area contributed by atoms with Crippen molar-refractivity contribution in [3.63, 3.8) is 0 Å². The largest absolute Gasteiger partial charge is 0.379 e. The van der Waals surface area contributed by atoms with Crippen LogP contribution in [0.1, 0.15) is 13.8 Å². The summed E-state index contributed by atoms with van der Waals surface area (Å²) in [5.74, 6) is 0. The monoisotopic (exact) mass is 534 g/mol. The Labute approximate surface area is 228 Å². The van der Waals surface area contributed by atoms with E-state index in [9.17, 15) is 0 Å². The van der Waals surface area contributed by atoms with Crippen molar-refractivity contribution in [2.24, 2.45) is 0 Å². The molecule has 0 saturated carbocycles. The summed E-state index contributed by atoms with van der Waals surface area (Å²) < 4.78 is 11.1. The molecule has 8 heteroatoms. The lowest BCUT2D eigenvalue weighted by atomic mass is 10.0. The van der Waals surface area contributed by atoms with Gasteiger partial charge >= 0.3 is 0 Å². The molecule has 2 aromatic carbocycles. The van der Waals surface area contributed by atoms with Gasteiger partial charge in [0.05, 0.1) is 32.1 Å². The van der Waals surface area contributed by atoms with Crippen LogP contribution in [-0.2, 0) is 9.47 Å². The van der Waals surface area contributed by atoms with E-state index in [1.165, 1.54) is 36.5 Å². The van der Waals surface area contributed by atoms with Crippen molar-refractivity contribution in [1.29, 1.82) is 0 Å². The third kappa shape index (κ3) is 5.78. The molecule has 6 rings (SSSR count). The van der Waals surface area contributed by atoms with Crippen LogP contribution in [0.15, 0.2) is 74.3 Å². The molecule has 1 aromatic heterocycles. The van der Waals surface area contributed by atoms with Crippen LogP contribution >= 0.6 is 23.5 Å². The lowest BCUT2D eigenvalue weighted by Gasteiger charge is -2.36. The number of pyridine rings is 1. The van der Waals surface area contributed by atoms with Crippen molar-refractivity contribution in [2.45, 2.75) is 39.0 Å². The van der Waals surface area contributed by atoms with Gasteiger partial charge in [0.2, 0.25) is 0 Å². The van der Waals surface area contributed by atoms with Crippen LogP contribution in [0.2, 0.25) is 0 Å². The fraction of sp³-hybridized carbons (Fsp3) is 0.414. The van der Waals surface area contributed by atoms with E-state index < -0.39 is 0 Å². The molecule has 37 heavy (non-hydrogen) atoms. The van der Waals surface area contributed by atoms with Crippen molar-refractivity contribution in [3.05, 3.63) is 54.7 Å². The molecule has 4 heterocycles. The van der Waals surface area contributed by atoms with E-state index in [1.807, 2.05) is 29.7 Å². The SMILES string of the molecule is CC(C)(CN1CCOCC1)Nc1ccc2c(c1)Sc1cccc(-c3cc(N4CCOCC4)ccn3)c1S2. The summed E-state index contributed by atoms with van der Waals surface area (Å²) >= 11 is 3.71. The lowest BCUT2D eigenvalue weighted by Crippen LogP contribution is -2.48. The average molecular weight is 535 g/mol. The van der Waals surface area contributed by atoms with Gasteiger partial charge in [0.15, 0.2) is 0 Å². The van der Waals surface area contributed by atoms with Gasteiger partial charge in [-0.1, -0.05) is 35.7 Å². The van der Waals surface area contributed by atoms with Crippen LogP contribution in [0.4, 0.5) is 11.4 Å². The smallest absolute Gasteiger partial charge is 0.0734 e. The number of hydrogen-bond donors (Lipinski definition) is 1. The van der Waals surface area contributed by atoms with Crippen LogP contribution in [0, 0.1) is 0 Å². The molecule has 3 aromatic rings. The normalized spacial score (nSPS) is 18.3. The Morgan fingerprint density at radius 1 is 0.865 bits per heavy atom. The highest BCUT2D eigenvalue weighted by molar-refractivity contribution is 8.05. The zero-order valence-electron chi connectivity index (χ0n) is 21.5. The molecule has 0 atom stereocenters. The molecule has 3 aliphatic heterocycles. The number of morpholine rings is 2. The van der Waals surface area contributed by atoms with Crippen LogP contribution in [0.5, 0.6) is 0 Å². The standard InChI is InChI=1S/C29H34N4O2S2/c1-29(2,20-32-10-14-34-15-11-32)31-21-6-7-25-27(18-21)36-26-5-3-4-23(28(26)37-25)24-19-22(8-9-30-24)33-12-16-35-17-13-33/h3-9,18-19,31H,10-17,20H2,1-2H3. The highest BCUT2D eigenvalue weighted by Crippen LogP contribution is 2.52. The maximum atomic E-state index is 5.54. The zero-order chi connectivity index (χ0) is 25.2. The van der Waals surface area contributed by atoms with E-state index in [-0.39, 0.29) is 5.54 Å². The first-order valence-corrected chi connectivity index (χ1v) is 14.7. The van der Waals surface area contributed by atoms with Gasteiger partial charge in [-0.25, -0.2) is 0 Å². The van der Waals surface area contributed by atoms with E-state index in [1.54, 1.807) is 0 Å². The molecule has 0 aliphatic carbocycles. The van der Waals surface area contributed by atoms with Gasteiger partial charge in [-0.3, -0.25) is 9.88 Å². The maximum absolute atomic E-state index is 5.54. The van der Waals surface area contributed by atoms with Crippen LogP contribution in [0.3, 0.4) is 0 Å². The molecular formula is C29H34N4O2S2. The van der Waals surface area contributed by atoms with E-state index >= 15 is 0 Å². The van der Waals surface area contributed by atoms with Crippen molar-refractivity contribution < 1.29 is 9.47 Å². The third-order valence-corrected chi connectivity index (χ3v) is 9.55. The van der Waals surface area contributed by atoms with E-state index in [0.29, 0.717) is 0 Å². The van der Waals surface area contributed by atoms with Crippen molar-refractivity contribution in [3.8, 4) is 11.3 Å². The topological polar surface area (TPSA) is 49.9 Å². The number of rotatable bonds is 6. The van der Waals surface area contributed by atoms with Crippen molar-refractivity contribution in [2.75, 3.05) is 69.4 Å². The number of aromatic nitrogens is 1. The quantitative estimate of drug-likeness (QED) is 0.337. The van der Waals surface area contributed by atoms with Crippen molar-refractivity contribution >= 4 is 34.9 Å². The maximum Gasteiger partial charge on any atom is 0.0734 e. The molecule has 0 unspecified atom stereocenters. The van der Waals surface area contributed by atoms with Crippen LogP contribution in [0.25, 0.3) is 11.3 Å². The molecule has 2 fully saturated rings. The summed E-state index contributed by atoms with van der Waals surface area (Å²) in [7, 11) is 0. The van der Waals surface area contributed by atoms with E-state index in [0.717, 1.165) is 64.8 Å². The van der Waals surface area contributed by atoms with Gasteiger partial charge in [0.1, 0.15) is 0 Å². The molecule has 1 N–H and O–H groups in total. The molecule has 0 amide bonds. The Morgan fingerprint density at radius 3 is 2.46 bits per heavy atom. The Kier molecular flexibility index (Phi) is 7.36. The number of anilines is 2. The minimum atomic E-state index is -0.0275. The van der Waals surface area contributed by atoms with Crippen LogP contribution in [-0.4, -0.2) is 74.6 Å². The molecular weight excluding hydrogens is 500 g/mol. The minimum Gasteiger partial charge on any atom is -0.379 e. The van der Waals surface area contributed by atoms with Gasteiger partial charge in [-0.2, -0.15) is 0 Å². The van der Waals surface area contributed by atoms with E-state index in [2.05, 4.69) is 77.5 Å². The predicted octanol–water partition coefficient (Wildman–Crippen LogP) is 5.72. The minimum absolute atomic E-state index is 0.0275. The summed E-state index contributed by atoms with van der Waals surface area (Å²) in [6.45, 7) is 12.6. The Balaban J connectivity index is 1.21. The zero-order valence-corrected chi connectivity index (χ0v) is 23.2. The van der Waals surface area contributed by atoms with Gasteiger partial charge in [0, 0.05) is 81.0 Å². The second-order valence-electron chi connectivity index (χ2n) is 10.4. The first-order valence-electron chi connectivity index (χ1n) is 13.0. The summed E-state index contributed by atoms with van der Waals surface area (Å²) in [4.78, 5) is 14.8. The number of ether oxygens (including phenoxy) is 2. The molecule has 0 radical (unpaired) electrons. The summed E-state index contributed by atoms with van der Waals surface area (Å²) in [6.07, 6.45) is 1.94. The lowest BCUT2D eigenvalue weighted by molar-refractivity contribution is 0.0317. The second kappa shape index (κ2) is 10.9. The third-order valence-electron chi connectivity index (χ3n) is 6.96. The number of nitrogens with one attached hydrogen (secondary N) is 1. The molecule has 6 nitrogen and oxygen atoms in total. The van der Waals surface area contributed by atoms with Crippen molar-refractivity contribution in [1.82, 2.24) is 9.88 Å². The molecule has 3 aliphatic rings. The number of nitrogens with zero attached hydrogens (tertiary/aromatic N) is 3. The van der Waals surface area contributed by atoms with Crippen LogP contribution < -0.4 is 10.2 Å². The highest BCUT2D eigenvalue weighted by Gasteiger charge is 2.25. The van der Waals surface area contributed by atoms with E-state index in [4.69, 9.17) is 14.5 Å². The van der Waals surface area contributed by atoms with Gasteiger partial charge in [-0.05, 0) is 50.2 Å². The first kappa shape index (κ1) is 25.1. The predicted molar refractivity (Wildman–Crippen MR) is 152 cm³/mol. The number of hydrogen-bond acceptors (Lipinski definition) is 8. The summed E-state index contributed by atoms with van der Waals surface area (Å²) in [6, 6.07) is 17.7. The number of fused-ring (bicyclic) bond motifs is 2. The fourth-order valence-corrected chi connectivity index (χ4v) is 7.62. The molecule has 0 spiro atoms. The summed E-state index contributed by atoms with van der Waals surface area (Å²) in [5.41, 5.74) is 4.59. The Morgan fingerprint density at radius 2 is 1.65 bits per heavy atom. The first-order chi connectivity index (χ1) is 18.0. The highest BCUT2D eigenvalue weighted by atomic mass is 32.2. The van der Waals surface area contributed by atoms with Gasteiger partial charge < -0.3 is 19.7 Å². The molecule has 2 saturated heterocycles. The van der Waals surface area contributed by atoms with Gasteiger partial charge in [-0.15, -0.1) is 0 Å². The molecule has 194 valence electrons. The Bertz CT molecular complexity index is 1260. The Hall–Kier alpha value is -2.23. The second-order valence-corrected chi connectivity index (χ2v) is 12.5.